The highest BCUT2D eigenvalue weighted by atomic mass is 16.4. The lowest BCUT2D eigenvalue weighted by Gasteiger charge is -2.05. The Bertz CT molecular complexity index is 562. The van der Waals surface area contributed by atoms with Gasteiger partial charge in [-0.15, -0.1) is 0 Å². The molecule has 0 aliphatic heterocycles. The molecule has 2 rings (SSSR count). The molecule has 0 atom stereocenters. The van der Waals surface area contributed by atoms with Crippen molar-refractivity contribution in [2.75, 3.05) is 0 Å². The Morgan fingerprint density at radius 2 is 1.89 bits per heavy atom. The summed E-state index contributed by atoms with van der Waals surface area (Å²) in [5.74, 6) is -0.826. The van der Waals surface area contributed by atoms with Crippen LogP contribution in [0.5, 0.6) is 0 Å². The van der Waals surface area contributed by atoms with Crippen molar-refractivity contribution >= 4 is 12.0 Å². The van der Waals surface area contributed by atoms with E-state index in [1.807, 2.05) is 42.5 Å². The molecule has 3 nitrogen and oxygen atoms in total. The third-order valence-corrected chi connectivity index (χ3v) is 2.54. The zero-order valence-corrected chi connectivity index (χ0v) is 9.78. The average molecular weight is 239 g/mol. The van der Waals surface area contributed by atoms with Crippen LogP contribution in [0.3, 0.4) is 0 Å². The minimum Gasteiger partial charge on any atom is -0.481 e. The summed E-state index contributed by atoms with van der Waals surface area (Å²) in [5.41, 5.74) is 3.15. The number of carboxylic acid groups (broad SMARTS) is 1. The molecule has 0 amide bonds. The van der Waals surface area contributed by atoms with Crippen LogP contribution in [0.25, 0.3) is 17.2 Å². The Morgan fingerprint density at radius 1 is 1.17 bits per heavy atom. The second-order valence-electron chi connectivity index (χ2n) is 3.82. The maximum atomic E-state index is 10.5. The number of carbonyl (C=O) groups is 1. The van der Waals surface area contributed by atoms with E-state index in [1.165, 1.54) is 0 Å². The van der Waals surface area contributed by atoms with E-state index in [0.29, 0.717) is 0 Å². The normalized spacial score (nSPS) is 10.7. The van der Waals surface area contributed by atoms with Gasteiger partial charge in [-0.2, -0.15) is 0 Å². The number of aliphatic carboxylic acids is 1. The van der Waals surface area contributed by atoms with Crippen LogP contribution in [0.15, 0.2) is 54.9 Å². The van der Waals surface area contributed by atoms with Crippen LogP contribution in [0.4, 0.5) is 0 Å². The predicted molar refractivity (Wildman–Crippen MR) is 71.0 cm³/mol. The molecule has 1 aromatic carbocycles. The largest absolute Gasteiger partial charge is 0.481 e. The van der Waals surface area contributed by atoms with E-state index < -0.39 is 5.97 Å². The fourth-order valence-electron chi connectivity index (χ4n) is 1.72. The minimum absolute atomic E-state index is 0.0324. The van der Waals surface area contributed by atoms with Gasteiger partial charge in [-0.05, 0) is 28.8 Å². The molecule has 3 heteroatoms. The van der Waals surface area contributed by atoms with E-state index in [2.05, 4.69) is 4.98 Å². The Hall–Kier alpha value is -2.42. The smallest absolute Gasteiger partial charge is 0.307 e. The van der Waals surface area contributed by atoms with E-state index in [1.54, 1.807) is 18.5 Å². The molecule has 0 saturated carbocycles. The van der Waals surface area contributed by atoms with Crippen molar-refractivity contribution in [3.8, 4) is 11.1 Å². The maximum absolute atomic E-state index is 10.5. The van der Waals surface area contributed by atoms with Gasteiger partial charge < -0.3 is 5.11 Å². The molecule has 0 bridgehead atoms. The number of benzene rings is 1. The monoisotopic (exact) mass is 239 g/mol. The zero-order chi connectivity index (χ0) is 12.8. The van der Waals surface area contributed by atoms with E-state index in [9.17, 15) is 4.79 Å². The molecule has 90 valence electrons. The number of hydrogen-bond acceptors (Lipinski definition) is 2. The van der Waals surface area contributed by atoms with Crippen LogP contribution in [0.2, 0.25) is 0 Å². The average Bonchev–Trinajstić information content (AvgIpc) is 2.40. The first-order chi connectivity index (χ1) is 8.77. The van der Waals surface area contributed by atoms with Crippen molar-refractivity contribution in [2.24, 2.45) is 0 Å². The summed E-state index contributed by atoms with van der Waals surface area (Å²) in [4.78, 5) is 14.5. The third-order valence-electron chi connectivity index (χ3n) is 2.54. The van der Waals surface area contributed by atoms with E-state index in [-0.39, 0.29) is 6.42 Å². The van der Waals surface area contributed by atoms with Crippen molar-refractivity contribution in [1.29, 1.82) is 0 Å². The number of hydrogen-bond donors (Lipinski definition) is 1. The fourth-order valence-corrected chi connectivity index (χ4v) is 1.72. The SMILES string of the molecule is O=C(O)CC=Cc1ccccc1-c1ccncc1. The van der Waals surface area contributed by atoms with Gasteiger partial charge in [-0.3, -0.25) is 9.78 Å². The molecule has 0 fully saturated rings. The summed E-state index contributed by atoms with van der Waals surface area (Å²) in [6.07, 6.45) is 7.01. The van der Waals surface area contributed by atoms with Gasteiger partial charge in [-0.1, -0.05) is 36.4 Å². The number of nitrogens with zero attached hydrogens (tertiary/aromatic N) is 1. The highest BCUT2D eigenvalue weighted by molar-refractivity contribution is 5.76. The zero-order valence-electron chi connectivity index (χ0n) is 9.78. The van der Waals surface area contributed by atoms with Gasteiger partial charge in [0.15, 0.2) is 0 Å². The summed E-state index contributed by atoms with van der Waals surface area (Å²) >= 11 is 0. The lowest BCUT2D eigenvalue weighted by atomic mass is 10.0. The molecule has 0 unspecified atom stereocenters. The van der Waals surface area contributed by atoms with E-state index in [0.717, 1.165) is 16.7 Å². The molecular weight excluding hydrogens is 226 g/mol. The van der Waals surface area contributed by atoms with Gasteiger partial charge in [0.1, 0.15) is 0 Å². The van der Waals surface area contributed by atoms with Crippen molar-refractivity contribution in [3.05, 3.63) is 60.4 Å². The number of pyridine rings is 1. The number of rotatable bonds is 4. The van der Waals surface area contributed by atoms with Crippen LogP contribution in [-0.2, 0) is 4.79 Å². The first kappa shape index (κ1) is 12.0. The highest BCUT2D eigenvalue weighted by Gasteiger charge is 2.01. The van der Waals surface area contributed by atoms with Gasteiger partial charge >= 0.3 is 5.97 Å². The van der Waals surface area contributed by atoms with Crippen molar-refractivity contribution < 1.29 is 9.90 Å². The van der Waals surface area contributed by atoms with Crippen LogP contribution in [-0.4, -0.2) is 16.1 Å². The van der Waals surface area contributed by atoms with Crippen LogP contribution >= 0.6 is 0 Å². The molecule has 0 aliphatic carbocycles. The second kappa shape index (κ2) is 5.77. The Labute approximate surface area is 105 Å². The number of carboxylic acids is 1. The third kappa shape index (κ3) is 3.04. The summed E-state index contributed by atoms with van der Waals surface area (Å²) in [6.45, 7) is 0. The Kier molecular flexibility index (Phi) is 3.86. The topological polar surface area (TPSA) is 50.2 Å². The summed E-state index contributed by atoms with van der Waals surface area (Å²) in [7, 11) is 0. The molecule has 0 radical (unpaired) electrons. The first-order valence-electron chi connectivity index (χ1n) is 5.65. The molecular formula is C15H13NO2. The summed E-state index contributed by atoms with van der Waals surface area (Å²) in [5, 5.41) is 8.62. The van der Waals surface area contributed by atoms with E-state index in [4.69, 9.17) is 5.11 Å². The van der Waals surface area contributed by atoms with Crippen molar-refractivity contribution in [1.82, 2.24) is 4.98 Å². The summed E-state index contributed by atoms with van der Waals surface area (Å²) in [6, 6.07) is 11.7. The van der Waals surface area contributed by atoms with Crippen LogP contribution < -0.4 is 0 Å². The lowest BCUT2D eigenvalue weighted by molar-refractivity contribution is -0.135. The van der Waals surface area contributed by atoms with Crippen LogP contribution in [0, 0.1) is 0 Å². The van der Waals surface area contributed by atoms with Gasteiger partial charge in [0, 0.05) is 12.4 Å². The second-order valence-corrected chi connectivity index (χ2v) is 3.82. The maximum Gasteiger partial charge on any atom is 0.307 e. The van der Waals surface area contributed by atoms with Crippen molar-refractivity contribution in [2.45, 2.75) is 6.42 Å². The molecule has 1 heterocycles. The molecule has 1 aromatic heterocycles. The molecule has 0 aliphatic rings. The van der Waals surface area contributed by atoms with Crippen LogP contribution in [0.1, 0.15) is 12.0 Å². The quantitative estimate of drug-likeness (QED) is 0.891. The highest BCUT2D eigenvalue weighted by Crippen LogP contribution is 2.23. The molecule has 2 aromatic rings. The summed E-state index contributed by atoms with van der Waals surface area (Å²) < 4.78 is 0. The number of aromatic nitrogens is 1. The Morgan fingerprint density at radius 3 is 2.61 bits per heavy atom. The van der Waals surface area contributed by atoms with Crippen molar-refractivity contribution in [3.63, 3.8) is 0 Å². The lowest BCUT2D eigenvalue weighted by Crippen LogP contribution is -1.90. The predicted octanol–water partition coefficient (Wildman–Crippen LogP) is 3.24. The molecule has 0 saturated heterocycles. The van der Waals surface area contributed by atoms with Gasteiger partial charge in [0.2, 0.25) is 0 Å². The molecule has 1 N–H and O–H groups in total. The Balaban J connectivity index is 2.32. The van der Waals surface area contributed by atoms with E-state index >= 15 is 0 Å². The molecule has 0 spiro atoms. The minimum atomic E-state index is -0.826. The van der Waals surface area contributed by atoms with Gasteiger partial charge in [-0.25, -0.2) is 0 Å². The standard InChI is InChI=1S/C15H13NO2/c17-15(18)7-3-5-12-4-1-2-6-14(12)13-8-10-16-11-9-13/h1-6,8-11H,7H2,(H,17,18). The van der Waals surface area contributed by atoms with Gasteiger partial charge in [0.25, 0.3) is 0 Å². The fraction of sp³-hybridized carbons (Fsp3) is 0.0667. The first-order valence-corrected chi connectivity index (χ1v) is 5.65. The molecule has 18 heavy (non-hydrogen) atoms. The van der Waals surface area contributed by atoms with Gasteiger partial charge in [0.05, 0.1) is 6.42 Å².